The number of aliphatic hydroxyl groups excluding tert-OH is 1. The van der Waals surface area contributed by atoms with Crippen molar-refractivity contribution >= 4 is 5.78 Å². The van der Waals surface area contributed by atoms with E-state index in [2.05, 4.69) is 6.58 Å². The number of ketones is 1. The Kier molecular flexibility index (Phi) is 4.33. The Morgan fingerprint density at radius 3 is 2.50 bits per heavy atom. The van der Waals surface area contributed by atoms with Crippen molar-refractivity contribution in [2.45, 2.75) is 45.1 Å². The van der Waals surface area contributed by atoms with Crippen LogP contribution in [0.3, 0.4) is 0 Å². The van der Waals surface area contributed by atoms with Crippen molar-refractivity contribution < 1.29 is 9.90 Å². The van der Waals surface area contributed by atoms with E-state index in [1.807, 2.05) is 0 Å². The molecule has 0 amide bonds. The maximum Gasteiger partial charge on any atom is 0.141 e. The van der Waals surface area contributed by atoms with Crippen LogP contribution in [-0.4, -0.2) is 17.0 Å². The molecule has 1 aliphatic rings. The lowest BCUT2D eigenvalue weighted by Crippen LogP contribution is -2.30. The zero-order valence-corrected chi connectivity index (χ0v) is 8.91. The molecule has 0 aliphatic heterocycles. The van der Waals surface area contributed by atoms with Gasteiger partial charge >= 0.3 is 0 Å². The zero-order chi connectivity index (χ0) is 10.6. The molecule has 0 heterocycles. The van der Waals surface area contributed by atoms with Gasteiger partial charge in [0.15, 0.2) is 0 Å². The molecule has 1 fully saturated rings. The molecule has 2 atom stereocenters. The number of hydrogen-bond acceptors (Lipinski definition) is 2. The Morgan fingerprint density at radius 1 is 1.43 bits per heavy atom. The first-order chi connectivity index (χ1) is 6.66. The highest BCUT2D eigenvalue weighted by molar-refractivity contribution is 5.83. The van der Waals surface area contributed by atoms with Gasteiger partial charge in [0.05, 0.1) is 6.10 Å². The summed E-state index contributed by atoms with van der Waals surface area (Å²) in [6.45, 7) is 5.30. The molecule has 1 rings (SSSR count). The standard InChI is InChI=1S/C12H20O2/c1-3-11(13)9(2)12(14)10-7-5-4-6-8-10/h3,9-11,13H,1,4-8H2,2H3. The molecule has 0 spiro atoms. The SMILES string of the molecule is C=CC(O)C(C)C(=O)C1CCCCC1. The molecule has 14 heavy (non-hydrogen) atoms. The number of rotatable bonds is 4. The molecule has 0 saturated heterocycles. The summed E-state index contributed by atoms with van der Waals surface area (Å²) in [6, 6.07) is 0. The average Bonchev–Trinajstić information content (AvgIpc) is 2.27. The minimum absolute atomic E-state index is 0.188. The minimum Gasteiger partial charge on any atom is -0.388 e. The summed E-state index contributed by atoms with van der Waals surface area (Å²) in [5.74, 6) is 0.126. The summed E-state index contributed by atoms with van der Waals surface area (Å²) in [5, 5.41) is 9.49. The second-order valence-corrected chi connectivity index (χ2v) is 4.25. The maximum atomic E-state index is 11.9. The van der Waals surface area contributed by atoms with Crippen LogP contribution in [0.4, 0.5) is 0 Å². The molecule has 0 radical (unpaired) electrons. The quantitative estimate of drug-likeness (QED) is 0.701. The Morgan fingerprint density at radius 2 is 2.00 bits per heavy atom. The number of aliphatic hydroxyl groups is 1. The van der Waals surface area contributed by atoms with Crippen LogP contribution in [0.15, 0.2) is 12.7 Å². The van der Waals surface area contributed by atoms with Crippen LogP contribution in [0.1, 0.15) is 39.0 Å². The minimum atomic E-state index is -0.676. The molecule has 0 bridgehead atoms. The molecule has 1 aliphatic carbocycles. The fourth-order valence-corrected chi connectivity index (χ4v) is 2.13. The topological polar surface area (TPSA) is 37.3 Å². The molecule has 0 aromatic carbocycles. The molecule has 2 unspecified atom stereocenters. The summed E-state index contributed by atoms with van der Waals surface area (Å²) < 4.78 is 0. The van der Waals surface area contributed by atoms with Gasteiger partial charge in [-0.3, -0.25) is 4.79 Å². The fourth-order valence-electron chi connectivity index (χ4n) is 2.13. The van der Waals surface area contributed by atoms with E-state index >= 15 is 0 Å². The Labute approximate surface area is 86.0 Å². The van der Waals surface area contributed by atoms with Gasteiger partial charge < -0.3 is 5.11 Å². The molecular weight excluding hydrogens is 176 g/mol. The van der Waals surface area contributed by atoms with E-state index in [4.69, 9.17) is 0 Å². The third-order valence-corrected chi connectivity index (χ3v) is 3.21. The first-order valence-electron chi connectivity index (χ1n) is 5.51. The van der Waals surface area contributed by atoms with Crippen molar-refractivity contribution in [1.29, 1.82) is 0 Å². The highest BCUT2D eigenvalue weighted by Crippen LogP contribution is 2.27. The molecule has 0 aromatic heterocycles. The number of hydrogen-bond donors (Lipinski definition) is 1. The molecular formula is C12H20O2. The van der Waals surface area contributed by atoms with Crippen LogP contribution in [0.5, 0.6) is 0 Å². The molecule has 1 saturated carbocycles. The Bertz CT molecular complexity index is 204. The summed E-state index contributed by atoms with van der Waals surface area (Å²) in [6.07, 6.45) is 6.36. The van der Waals surface area contributed by atoms with Crippen molar-refractivity contribution in [3.05, 3.63) is 12.7 Å². The van der Waals surface area contributed by atoms with Gasteiger partial charge in [-0.25, -0.2) is 0 Å². The van der Waals surface area contributed by atoms with Crippen LogP contribution in [0, 0.1) is 11.8 Å². The van der Waals surface area contributed by atoms with Gasteiger partial charge in [0.2, 0.25) is 0 Å². The highest BCUT2D eigenvalue weighted by atomic mass is 16.3. The monoisotopic (exact) mass is 196 g/mol. The number of carbonyl (C=O) groups is 1. The highest BCUT2D eigenvalue weighted by Gasteiger charge is 2.28. The third kappa shape index (κ3) is 2.68. The maximum absolute atomic E-state index is 11.9. The molecule has 2 heteroatoms. The lowest BCUT2D eigenvalue weighted by atomic mass is 9.80. The third-order valence-electron chi connectivity index (χ3n) is 3.21. The van der Waals surface area contributed by atoms with E-state index in [9.17, 15) is 9.90 Å². The van der Waals surface area contributed by atoms with Crippen molar-refractivity contribution in [3.63, 3.8) is 0 Å². The molecule has 80 valence electrons. The normalized spacial score (nSPS) is 22.7. The van der Waals surface area contributed by atoms with Crippen molar-refractivity contribution in [1.82, 2.24) is 0 Å². The van der Waals surface area contributed by atoms with Gasteiger partial charge in [0.25, 0.3) is 0 Å². The van der Waals surface area contributed by atoms with Crippen LogP contribution in [0.25, 0.3) is 0 Å². The van der Waals surface area contributed by atoms with Crippen LogP contribution >= 0.6 is 0 Å². The predicted molar refractivity (Wildman–Crippen MR) is 56.9 cm³/mol. The molecule has 2 nitrogen and oxygen atoms in total. The van der Waals surface area contributed by atoms with Gasteiger partial charge in [0, 0.05) is 11.8 Å². The van der Waals surface area contributed by atoms with E-state index < -0.39 is 6.10 Å². The van der Waals surface area contributed by atoms with E-state index in [1.54, 1.807) is 6.92 Å². The second kappa shape index (κ2) is 5.30. The summed E-state index contributed by atoms with van der Waals surface area (Å²) in [5.41, 5.74) is 0. The Balaban J connectivity index is 2.49. The van der Waals surface area contributed by atoms with Crippen LogP contribution in [0.2, 0.25) is 0 Å². The molecule has 1 N–H and O–H groups in total. The lowest BCUT2D eigenvalue weighted by Gasteiger charge is -2.24. The van der Waals surface area contributed by atoms with Crippen LogP contribution in [-0.2, 0) is 4.79 Å². The first-order valence-corrected chi connectivity index (χ1v) is 5.51. The molecule has 0 aromatic rings. The van der Waals surface area contributed by atoms with E-state index in [1.165, 1.54) is 12.5 Å². The van der Waals surface area contributed by atoms with Gasteiger partial charge in [-0.1, -0.05) is 32.3 Å². The van der Waals surface area contributed by atoms with Gasteiger partial charge in [0.1, 0.15) is 5.78 Å². The van der Waals surface area contributed by atoms with Gasteiger partial charge in [-0.15, -0.1) is 6.58 Å². The second-order valence-electron chi connectivity index (χ2n) is 4.25. The average molecular weight is 196 g/mol. The van der Waals surface area contributed by atoms with E-state index in [0.29, 0.717) is 0 Å². The number of carbonyl (C=O) groups excluding carboxylic acids is 1. The fraction of sp³-hybridized carbons (Fsp3) is 0.750. The Hall–Kier alpha value is -0.630. The number of Topliss-reactive ketones (excluding diaryl/α,β-unsaturated/α-hetero) is 1. The first kappa shape index (κ1) is 11.4. The predicted octanol–water partition coefficient (Wildman–Crippen LogP) is 2.32. The lowest BCUT2D eigenvalue weighted by molar-refractivity contribution is -0.129. The van der Waals surface area contributed by atoms with Crippen molar-refractivity contribution in [2.24, 2.45) is 11.8 Å². The summed E-state index contributed by atoms with van der Waals surface area (Å²) in [7, 11) is 0. The van der Waals surface area contributed by atoms with Gasteiger partial charge in [-0.2, -0.15) is 0 Å². The zero-order valence-electron chi connectivity index (χ0n) is 8.91. The van der Waals surface area contributed by atoms with Gasteiger partial charge in [-0.05, 0) is 12.8 Å². The van der Waals surface area contributed by atoms with Crippen molar-refractivity contribution in [2.75, 3.05) is 0 Å². The van der Waals surface area contributed by atoms with Crippen molar-refractivity contribution in [3.8, 4) is 0 Å². The summed E-state index contributed by atoms with van der Waals surface area (Å²) >= 11 is 0. The van der Waals surface area contributed by atoms with E-state index in [0.717, 1.165) is 25.7 Å². The summed E-state index contributed by atoms with van der Waals surface area (Å²) in [4.78, 5) is 11.9. The smallest absolute Gasteiger partial charge is 0.141 e. The largest absolute Gasteiger partial charge is 0.388 e. The van der Waals surface area contributed by atoms with E-state index in [-0.39, 0.29) is 17.6 Å². The van der Waals surface area contributed by atoms with Crippen LogP contribution < -0.4 is 0 Å².